The fourth-order valence-electron chi connectivity index (χ4n) is 7.35. The van der Waals surface area contributed by atoms with E-state index in [1.54, 1.807) is 4.90 Å². The molecule has 3 fully saturated rings. The van der Waals surface area contributed by atoms with Crippen molar-refractivity contribution in [1.82, 2.24) is 20.1 Å². The molecule has 1 aromatic heterocycles. The van der Waals surface area contributed by atoms with E-state index in [1.807, 2.05) is 0 Å². The minimum atomic E-state index is -1.43. The molecule has 6 rings (SSSR count). The Morgan fingerprint density at radius 3 is 2.43 bits per heavy atom. The number of oxime groups is 1. The van der Waals surface area contributed by atoms with Gasteiger partial charge in [0.2, 0.25) is 6.10 Å². The molecule has 0 radical (unpaired) electrons. The number of carboxylic acids is 2. The van der Waals surface area contributed by atoms with E-state index in [2.05, 4.69) is 15.5 Å². The van der Waals surface area contributed by atoms with E-state index in [0.717, 1.165) is 37.3 Å². The number of nitrogens with two attached hydrogens (primary N) is 1. The van der Waals surface area contributed by atoms with E-state index in [0.29, 0.717) is 42.5 Å². The first kappa shape index (κ1) is 38.4. The molecular formula is C32H36Cl2N7O10S2+. The van der Waals surface area contributed by atoms with Gasteiger partial charge in [-0.1, -0.05) is 39.7 Å². The summed E-state index contributed by atoms with van der Waals surface area (Å²) in [5.74, 6) is -5.26. The van der Waals surface area contributed by atoms with Crippen LogP contribution >= 0.6 is 46.3 Å². The SMILES string of the molecule is C[C@H](O/N=C(\C(=O)N[C@@H]1C(=O)N2C(C(=O)O)=C(C[N+]3(C4CCN(C(=O)c5ccc(O)c(O)c5Cl)CC4)CCCC3)CS[C@H]12)c1nc(N)sc1Cl)C(=O)O. The second-order valence-electron chi connectivity index (χ2n) is 13.2. The molecule has 1 aromatic carbocycles. The van der Waals surface area contributed by atoms with Crippen molar-refractivity contribution in [2.45, 2.75) is 56.2 Å². The third kappa shape index (κ3) is 7.31. The zero-order valence-electron chi connectivity index (χ0n) is 28.2. The van der Waals surface area contributed by atoms with E-state index in [9.17, 15) is 44.4 Å². The molecule has 0 spiro atoms. The van der Waals surface area contributed by atoms with Crippen molar-refractivity contribution in [1.29, 1.82) is 0 Å². The van der Waals surface area contributed by atoms with Crippen molar-refractivity contribution >= 4 is 86.8 Å². The van der Waals surface area contributed by atoms with E-state index >= 15 is 0 Å². The van der Waals surface area contributed by atoms with E-state index < -0.39 is 58.5 Å². The van der Waals surface area contributed by atoms with Crippen LogP contribution in [0.5, 0.6) is 11.5 Å². The smallest absolute Gasteiger partial charge is 0.352 e. The Labute approximate surface area is 320 Å². The number of amides is 3. The molecule has 53 heavy (non-hydrogen) atoms. The summed E-state index contributed by atoms with van der Waals surface area (Å²) in [7, 11) is 0. The lowest BCUT2D eigenvalue weighted by atomic mass is 9.97. The van der Waals surface area contributed by atoms with Crippen LogP contribution in [-0.4, -0.2) is 137 Å². The normalized spacial score (nSPS) is 22.2. The summed E-state index contributed by atoms with van der Waals surface area (Å²) in [5.41, 5.74) is 5.63. The number of thioether (sulfide) groups is 1. The number of quaternary nitrogens is 1. The maximum Gasteiger partial charge on any atom is 0.352 e. The first-order valence-corrected chi connectivity index (χ1v) is 19.2. The summed E-state index contributed by atoms with van der Waals surface area (Å²) in [6, 6.07) is 1.57. The van der Waals surface area contributed by atoms with E-state index in [-0.39, 0.29) is 49.1 Å². The van der Waals surface area contributed by atoms with Gasteiger partial charge in [-0.05, 0) is 19.1 Å². The topological polar surface area (TPSA) is 245 Å². The molecule has 0 aliphatic carbocycles. The lowest BCUT2D eigenvalue weighted by molar-refractivity contribution is -0.937. The van der Waals surface area contributed by atoms with Gasteiger partial charge in [-0.15, -0.1) is 11.8 Å². The number of β-lactam (4-membered cyclic amide) rings is 1. The number of aromatic hydroxyl groups is 2. The fourth-order valence-corrected chi connectivity index (χ4v) is 9.86. The molecule has 17 nitrogen and oxygen atoms in total. The number of benzene rings is 1. The monoisotopic (exact) mass is 812 g/mol. The van der Waals surface area contributed by atoms with Crippen LogP contribution in [0, 0.1) is 0 Å². The molecule has 0 unspecified atom stereocenters. The number of carbonyl (C=O) groups is 5. The van der Waals surface area contributed by atoms with Crippen LogP contribution in [0.25, 0.3) is 0 Å². The number of fused-ring (bicyclic) bond motifs is 1. The van der Waals surface area contributed by atoms with E-state index in [4.69, 9.17) is 33.8 Å². The number of nitrogens with one attached hydrogen (secondary N) is 1. The number of nitrogens with zero attached hydrogens (tertiary/aromatic N) is 5. The van der Waals surface area contributed by atoms with Gasteiger partial charge in [0, 0.05) is 50.1 Å². The van der Waals surface area contributed by atoms with Crippen molar-refractivity contribution in [2.75, 3.05) is 44.2 Å². The average molecular weight is 814 g/mol. The number of thiazole rings is 1. The minimum Gasteiger partial charge on any atom is -0.504 e. The Bertz CT molecular complexity index is 1930. The number of hydrogen-bond acceptors (Lipinski definition) is 13. The number of carbonyl (C=O) groups excluding carboxylic acids is 3. The molecule has 4 aliphatic rings. The zero-order chi connectivity index (χ0) is 38.4. The summed E-state index contributed by atoms with van der Waals surface area (Å²) in [5, 5.41) is 44.6. The third-order valence-corrected chi connectivity index (χ3v) is 12.8. The van der Waals surface area contributed by atoms with Crippen LogP contribution in [0.1, 0.15) is 48.7 Å². The van der Waals surface area contributed by atoms with Crippen molar-refractivity contribution in [2.24, 2.45) is 5.16 Å². The second kappa shape index (κ2) is 15.2. The Kier molecular flexibility index (Phi) is 11.0. The van der Waals surface area contributed by atoms with Crippen LogP contribution in [0.2, 0.25) is 9.36 Å². The molecule has 0 bridgehead atoms. The summed E-state index contributed by atoms with van der Waals surface area (Å²) in [6.45, 7) is 4.05. The first-order chi connectivity index (χ1) is 25.1. The second-order valence-corrected chi connectivity index (χ2v) is 16.3. The molecule has 284 valence electrons. The highest BCUT2D eigenvalue weighted by molar-refractivity contribution is 8.00. The quantitative estimate of drug-likeness (QED) is 0.0628. The summed E-state index contributed by atoms with van der Waals surface area (Å²) in [4.78, 5) is 76.2. The lowest BCUT2D eigenvalue weighted by Crippen LogP contribution is -2.71. The molecule has 3 amide bonds. The van der Waals surface area contributed by atoms with Crippen LogP contribution in [0.3, 0.4) is 0 Å². The van der Waals surface area contributed by atoms with Crippen molar-refractivity contribution in [3.8, 4) is 11.5 Å². The average Bonchev–Trinajstić information content (AvgIpc) is 3.74. The largest absolute Gasteiger partial charge is 0.504 e. The molecule has 3 saturated heterocycles. The number of hydrogen-bond donors (Lipinski definition) is 6. The Hall–Kier alpha value is -4.30. The van der Waals surface area contributed by atoms with Crippen molar-refractivity contribution < 1.29 is 53.7 Å². The zero-order valence-corrected chi connectivity index (χ0v) is 31.3. The molecule has 4 aliphatic heterocycles. The maximum atomic E-state index is 13.6. The summed E-state index contributed by atoms with van der Waals surface area (Å²) >= 11 is 14.5. The van der Waals surface area contributed by atoms with Crippen molar-refractivity contribution in [3.63, 3.8) is 0 Å². The molecule has 2 aromatic rings. The van der Waals surface area contributed by atoms with Gasteiger partial charge < -0.3 is 45.7 Å². The van der Waals surface area contributed by atoms with Crippen LogP contribution in [-0.2, 0) is 24.0 Å². The highest BCUT2D eigenvalue weighted by atomic mass is 35.5. The van der Waals surface area contributed by atoms with Gasteiger partial charge in [0.15, 0.2) is 22.3 Å². The van der Waals surface area contributed by atoms with Gasteiger partial charge in [-0.25, -0.2) is 14.6 Å². The number of anilines is 1. The Morgan fingerprint density at radius 2 is 1.83 bits per heavy atom. The first-order valence-electron chi connectivity index (χ1n) is 16.6. The number of phenolic OH excluding ortho intramolecular Hbond substituents is 2. The molecule has 7 N–H and O–H groups in total. The van der Waals surface area contributed by atoms with Gasteiger partial charge >= 0.3 is 11.9 Å². The summed E-state index contributed by atoms with van der Waals surface area (Å²) < 4.78 is 0.602. The maximum absolute atomic E-state index is 13.6. The minimum absolute atomic E-state index is 0.00639. The highest BCUT2D eigenvalue weighted by Crippen LogP contribution is 2.43. The number of carboxylic acid groups (broad SMARTS) is 2. The lowest BCUT2D eigenvalue weighted by Gasteiger charge is -2.51. The van der Waals surface area contributed by atoms with Gasteiger partial charge in [-0.3, -0.25) is 19.3 Å². The van der Waals surface area contributed by atoms with Gasteiger partial charge in [0.25, 0.3) is 17.7 Å². The van der Waals surface area contributed by atoms with E-state index in [1.165, 1.54) is 35.7 Å². The molecule has 21 heteroatoms. The Balaban J connectivity index is 1.17. The van der Waals surface area contributed by atoms with Crippen molar-refractivity contribution in [3.05, 3.63) is 44.0 Å². The molecule has 5 heterocycles. The number of nitrogen functional groups attached to an aromatic ring is 1. The number of likely N-dealkylation sites (tertiary alicyclic amines) is 2. The molecular weight excluding hydrogens is 777 g/mol. The third-order valence-electron chi connectivity index (χ3n) is 10.0. The molecule has 3 atom stereocenters. The van der Waals surface area contributed by atoms with Crippen LogP contribution in [0.15, 0.2) is 28.6 Å². The number of phenols is 2. The predicted molar refractivity (Wildman–Crippen MR) is 194 cm³/mol. The predicted octanol–water partition coefficient (Wildman–Crippen LogP) is 2.29. The number of aliphatic carboxylic acids is 2. The Morgan fingerprint density at radius 1 is 1.15 bits per heavy atom. The summed E-state index contributed by atoms with van der Waals surface area (Å²) in [6.07, 6.45) is 1.74. The van der Waals surface area contributed by atoms with Gasteiger partial charge in [0.05, 0.1) is 29.7 Å². The number of halogens is 2. The molecule has 0 saturated carbocycles. The van der Waals surface area contributed by atoms with Gasteiger partial charge in [0.1, 0.15) is 33.7 Å². The van der Waals surface area contributed by atoms with Crippen LogP contribution in [0.4, 0.5) is 5.13 Å². The number of aromatic nitrogens is 1. The fraction of sp³-hybridized carbons (Fsp3) is 0.469. The number of rotatable bonds is 11. The van der Waals surface area contributed by atoms with Gasteiger partial charge in [-0.2, -0.15) is 0 Å². The van der Waals surface area contributed by atoms with Crippen LogP contribution < -0.4 is 11.1 Å². The number of piperidine rings is 1. The highest BCUT2D eigenvalue weighted by Gasteiger charge is 2.56. The standard InChI is InChI=1S/C32H35Cl2N7O10S2/c1-14(30(47)48)51-38-21(20-25(34)53-32(35)37-20)26(44)36-22-28(46)40-23(31(49)50)15(13-52-29(22)40)12-41(10-2-3-11-41)16-6-8-39(9-7-16)27(45)17-4-5-18(42)24(43)19(17)33/h4-5,14,16,22,29H,2-3,6-13H2,1H3,(H6-,35,36,37,38,42,43,44,45,47,48,49,50)/p+1/t14-,22+,29+/m0/s1.